The third-order valence-electron chi connectivity index (χ3n) is 2.25. The molecule has 1 aromatic carbocycles. The van der Waals surface area contributed by atoms with Gasteiger partial charge in [0, 0.05) is 6.07 Å². The molecule has 0 unspecified atom stereocenters. The van der Waals surface area contributed by atoms with E-state index in [-0.39, 0.29) is 5.56 Å². The zero-order valence-corrected chi connectivity index (χ0v) is 9.65. The molecule has 0 saturated carbocycles. The molecule has 0 spiro atoms. The van der Waals surface area contributed by atoms with Crippen LogP contribution in [0.15, 0.2) is 29.9 Å². The standard InChI is InChI=1S/C9H6N6O5/c16-9-6(3-12-13-4-10-11-5-13)1-7(14(17)18)2-8(9)15(19)20/h1-5,16H/b12-3-. The van der Waals surface area contributed by atoms with Crippen molar-refractivity contribution in [2.24, 2.45) is 5.10 Å². The number of nitro benzene ring substituents is 2. The molecule has 0 radical (unpaired) electrons. The largest absolute Gasteiger partial charge is 0.502 e. The van der Waals surface area contributed by atoms with E-state index in [9.17, 15) is 25.3 Å². The van der Waals surface area contributed by atoms with Gasteiger partial charge in [0.1, 0.15) is 12.7 Å². The molecule has 2 rings (SSSR count). The van der Waals surface area contributed by atoms with Gasteiger partial charge in [-0.2, -0.15) is 5.10 Å². The zero-order valence-electron chi connectivity index (χ0n) is 9.65. The molecule has 0 atom stereocenters. The van der Waals surface area contributed by atoms with Crippen LogP contribution < -0.4 is 0 Å². The van der Waals surface area contributed by atoms with Gasteiger partial charge in [-0.15, -0.1) is 10.2 Å². The second-order valence-electron chi connectivity index (χ2n) is 3.50. The van der Waals surface area contributed by atoms with E-state index in [0.29, 0.717) is 6.07 Å². The van der Waals surface area contributed by atoms with Gasteiger partial charge in [-0.3, -0.25) is 20.2 Å². The quantitative estimate of drug-likeness (QED) is 0.490. The second-order valence-corrected chi connectivity index (χ2v) is 3.50. The molecule has 0 amide bonds. The van der Waals surface area contributed by atoms with Gasteiger partial charge >= 0.3 is 5.69 Å². The van der Waals surface area contributed by atoms with Crippen LogP contribution in [-0.2, 0) is 0 Å². The summed E-state index contributed by atoms with van der Waals surface area (Å²) in [5.41, 5.74) is -1.47. The first-order valence-electron chi connectivity index (χ1n) is 5.04. The summed E-state index contributed by atoms with van der Waals surface area (Å²) in [7, 11) is 0. The Morgan fingerprint density at radius 3 is 2.40 bits per heavy atom. The summed E-state index contributed by atoms with van der Waals surface area (Å²) in [6.45, 7) is 0. The third kappa shape index (κ3) is 2.55. The van der Waals surface area contributed by atoms with Gasteiger partial charge in [0.15, 0.2) is 0 Å². The van der Waals surface area contributed by atoms with Gasteiger partial charge in [-0.1, -0.05) is 0 Å². The summed E-state index contributed by atoms with van der Waals surface area (Å²) in [5.74, 6) is -0.711. The monoisotopic (exact) mass is 278 g/mol. The van der Waals surface area contributed by atoms with Gasteiger partial charge < -0.3 is 5.11 Å². The van der Waals surface area contributed by atoms with Gasteiger partial charge in [-0.05, 0) is 0 Å². The van der Waals surface area contributed by atoms with Crippen molar-refractivity contribution in [3.8, 4) is 5.75 Å². The number of hydrogen-bond donors (Lipinski definition) is 1. The number of nitrogens with zero attached hydrogens (tertiary/aromatic N) is 6. The lowest BCUT2D eigenvalue weighted by Gasteiger charge is -2.00. The Balaban J connectivity index is 2.51. The van der Waals surface area contributed by atoms with Crippen molar-refractivity contribution >= 4 is 17.6 Å². The molecule has 1 heterocycles. The van der Waals surface area contributed by atoms with Crippen molar-refractivity contribution in [2.45, 2.75) is 0 Å². The molecular weight excluding hydrogens is 272 g/mol. The molecule has 11 heteroatoms. The van der Waals surface area contributed by atoms with Crippen LogP contribution in [0.25, 0.3) is 0 Å². The fourth-order valence-electron chi connectivity index (χ4n) is 1.35. The number of nitro groups is 2. The van der Waals surface area contributed by atoms with Gasteiger partial charge in [-0.25, -0.2) is 4.68 Å². The van der Waals surface area contributed by atoms with Gasteiger partial charge in [0.2, 0.25) is 5.75 Å². The molecule has 0 fully saturated rings. The number of hydrogen-bond acceptors (Lipinski definition) is 8. The Morgan fingerprint density at radius 2 is 1.85 bits per heavy atom. The smallest absolute Gasteiger partial charge is 0.318 e. The van der Waals surface area contributed by atoms with Crippen LogP contribution in [0.1, 0.15) is 5.56 Å². The summed E-state index contributed by atoms with van der Waals surface area (Å²) >= 11 is 0. The van der Waals surface area contributed by atoms with E-state index in [4.69, 9.17) is 0 Å². The van der Waals surface area contributed by atoms with Crippen molar-refractivity contribution in [3.05, 3.63) is 50.6 Å². The first kappa shape index (κ1) is 13.1. The number of benzene rings is 1. The summed E-state index contributed by atoms with van der Waals surface area (Å²) in [6, 6.07) is 1.64. The van der Waals surface area contributed by atoms with Crippen LogP contribution in [0, 0.1) is 20.2 Å². The average molecular weight is 278 g/mol. The van der Waals surface area contributed by atoms with E-state index in [1.807, 2.05) is 0 Å². The summed E-state index contributed by atoms with van der Waals surface area (Å²) in [4.78, 5) is 19.7. The van der Waals surface area contributed by atoms with Crippen molar-refractivity contribution in [2.75, 3.05) is 0 Å². The Morgan fingerprint density at radius 1 is 1.20 bits per heavy atom. The molecule has 0 aliphatic heterocycles. The van der Waals surface area contributed by atoms with E-state index in [1.54, 1.807) is 0 Å². The van der Waals surface area contributed by atoms with Crippen molar-refractivity contribution < 1.29 is 15.0 Å². The van der Waals surface area contributed by atoms with E-state index in [1.165, 1.54) is 12.7 Å². The predicted octanol–water partition coefficient (Wildman–Crippen LogP) is 0.682. The number of phenolic OH excluding ortho intramolecular Hbond substituents is 1. The Bertz CT molecular complexity index is 695. The molecule has 1 N–H and O–H groups in total. The van der Waals surface area contributed by atoms with E-state index in [2.05, 4.69) is 15.3 Å². The van der Waals surface area contributed by atoms with Crippen LogP contribution in [0.4, 0.5) is 11.4 Å². The van der Waals surface area contributed by atoms with Gasteiger partial charge in [0.05, 0.1) is 27.7 Å². The highest BCUT2D eigenvalue weighted by Gasteiger charge is 2.22. The Hall–Kier alpha value is -3.37. The molecule has 102 valence electrons. The van der Waals surface area contributed by atoms with Crippen LogP contribution >= 0.6 is 0 Å². The van der Waals surface area contributed by atoms with Gasteiger partial charge in [0.25, 0.3) is 5.69 Å². The third-order valence-corrected chi connectivity index (χ3v) is 2.25. The summed E-state index contributed by atoms with van der Waals surface area (Å²) in [6.07, 6.45) is 3.50. The van der Waals surface area contributed by atoms with E-state index >= 15 is 0 Å². The average Bonchev–Trinajstić information content (AvgIpc) is 2.90. The first-order chi connectivity index (χ1) is 9.49. The topological polar surface area (TPSA) is 150 Å². The molecule has 11 nitrogen and oxygen atoms in total. The lowest BCUT2D eigenvalue weighted by molar-refractivity contribution is -0.394. The molecule has 2 aromatic rings. The molecule has 0 aliphatic carbocycles. The second kappa shape index (κ2) is 5.09. The highest BCUT2D eigenvalue weighted by molar-refractivity contribution is 5.87. The molecular formula is C9H6N6O5. The number of aromatic hydroxyl groups is 1. The molecule has 0 saturated heterocycles. The SMILES string of the molecule is O=[N+]([O-])c1cc(/C=N\n2cnnc2)c(O)c([N+](=O)[O-])c1. The molecule has 1 aromatic heterocycles. The number of phenols is 1. The minimum Gasteiger partial charge on any atom is -0.502 e. The number of non-ortho nitro benzene ring substituents is 1. The zero-order chi connectivity index (χ0) is 14.7. The normalized spacial score (nSPS) is 10.8. The highest BCUT2D eigenvalue weighted by atomic mass is 16.6. The maximum atomic E-state index is 10.7. The van der Waals surface area contributed by atoms with Crippen LogP contribution in [0.3, 0.4) is 0 Å². The Labute approximate surface area is 110 Å². The molecule has 0 aliphatic rings. The number of rotatable bonds is 4. The minimum absolute atomic E-state index is 0.167. The molecule has 20 heavy (non-hydrogen) atoms. The fourth-order valence-corrected chi connectivity index (χ4v) is 1.35. The molecule has 0 bridgehead atoms. The lowest BCUT2D eigenvalue weighted by atomic mass is 10.1. The predicted molar refractivity (Wildman–Crippen MR) is 64.4 cm³/mol. The Kier molecular flexibility index (Phi) is 3.33. The van der Waals surface area contributed by atoms with E-state index < -0.39 is 27.0 Å². The maximum absolute atomic E-state index is 10.7. The number of aromatic nitrogens is 3. The van der Waals surface area contributed by atoms with Crippen LogP contribution in [-0.4, -0.2) is 36.0 Å². The fraction of sp³-hybridized carbons (Fsp3) is 0. The van der Waals surface area contributed by atoms with Crippen molar-refractivity contribution in [1.82, 2.24) is 14.9 Å². The van der Waals surface area contributed by atoms with E-state index in [0.717, 1.165) is 17.0 Å². The van der Waals surface area contributed by atoms with Crippen molar-refractivity contribution in [3.63, 3.8) is 0 Å². The lowest BCUT2D eigenvalue weighted by Crippen LogP contribution is -1.97. The first-order valence-corrected chi connectivity index (χ1v) is 5.04. The summed E-state index contributed by atoms with van der Waals surface area (Å²) in [5, 5.41) is 41.8. The van der Waals surface area contributed by atoms with Crippen molar-refractivity contribution in [1.29, 1.82) is 0 Å². The summed E-state index contributed by atoms with van der Waals surface area (Å²) < 4.78 is 1.16. The van der Waals surface area contributed by atoms with Crippen LogP contribution in [0.5, 0.6) is 5.75 Å². The highest BCUT2D eigenvalue weighted by Crippen LogP contribution is 2.33. The minimum atomic E-state index is -0.918. The maximum Gasteiger partial charge on any atom is 0.318 e. The van der Waals surface area contributed by atoms with Crippen LogP contribution in [0.2, 0.25) is 0 Å².